The zero-order valence-corrected chi connectivity index (χ0v) is 13.7. The molecule has 0 heterocycles. The Kier molecular flexibility index (Phi) is 8.21. The lowest BCUT2D eigenvalue weighted by molar-refractivity contribution is 0.199. The second kappa shape index (κ2) is 9.39. The molecule has 0 fully saturated rings. The van der Waals surface area contributed by atoms with E-state index in [4.69, 9.17) is 4.74 Å². The third-order valence-electron chi connectivity index (χ3n) is 2.81. The highest BCUT2D eigenvalue weighted by Gasteiger charge is 2.07. The molecule has 0 amide bonds. The molecule has 20 heavy (non-hydrogen) atoms. The predicted molar refractivity (Wildman–Crippen MR) is 85.1 cm³/mol. The lowest BCUT2D eigenvalue weighted by Crippen LogP contribution is -2.18. The molecule has 1 aromatic rings. The molecule has 0 aliphatic heterocycles. The van der Waals surface area contributed by atoms with Gasteiger partial charge in [-0.05, 0) is 17.7 Å². The van der Waals surface area contributed by atoms with Crippen molar-refractivity contribution in [3.8, 4) is 0 Å². The van der Waals surface area contributed by atoms with E-state index in [1.54, 1.807) is 25.8 Å². The van der Waals surface area contributed by atoms with Gasteiger partial charge in [-0.15, -0.1) is 11.8 Å². The van der Waals surface area contributed by atoms with Crippen LogP contribution in [0.4, 0.5) is 0 Å². The van der Waals surface area contributed by atoms with Crippen molar-refractivity contribution in [3.63, 3.8) is 0 Å². The van der Waals surface area contributed by atoms with Gasteiger partial charge in [-0.1, -0.05) is 19.1 Å². The van der Waals surface area contributed by atoms with Gasteiger partial charge in [0.15, 0.2) is 9.84 Å². The molecular weight excluding hydrogens is 294 g/mol. The number of sulfone groups is 1. The Balaban J connectivity index is 2.39. The quantitative estimate of drug-likeness (QED) is 0.528. The van der Waals surface area contributed by atoms with Crippen molar-refractivity contribution in [3.05, 3.63) is 29.8 Å². The van der Waals surface area contributed by atoms with Crippen molar-refractivity contribution in [2.24, 2.45) is 0 Å². The SMILES string of the molecule is CCS(=O)(=O)CCSc1cccc(CNCCOC)c1. The maximum absolute atomic E-state index is 11.4. The van der Waals surface area contributed by atoms with Crippen LogP contribution in [-0.4, -0.2) is 45.9 Å². The van der Waals surface area contributed by atoms with Crippen molar-refractivity contribution >= 4 is 21.6 Å². The molecule has 0 saturated carbocycles. The average molecular weight is 317 g/mol. The molecule has 0 saturated heterocycles. The van der Waals surface area contributed by atoms with Crippen LogP contribution in [-0.2, 0) is 21.1 Å². The number of hydrogen-bond acceptors (Lipinski definition) is 5. The summed E-state index contributed by atoms with van der Waals surface area (Å²) >= 11 is 1.59. The normalized spacial score (nSPS) is 11.7. The fourth-order valence-electron chi connectivity index (χ4n) is 1.58. The van der Waals surface area contributed by atoms with Crippen LogP contribution in [0.1, 0.15) is 12.5 Å². The van der Waals surface area contributed by atoms with Crippen LogP contribution in [0, 0.1) is 0 Å². The largest absolute Gasteiger partial charge is 0.383 e. The summed E-state index contributed by atoms with van der Waals surface area (Å²) in [5, 5.41) is 3.29. The fraction of sp³-hybridized carbons (Fsp3) is 0.571. The summed E-state index contributed by atoms with van der Waals surface area (Å²) in [7, 11) is -1.18. The Hall–Kier alpha value is -0.560. The zero-order valence-electron chi connectivity index (χ0n) is 12.1. The van der Waals surface area contributed by atoms with Crippen molar-refractivity contribution in [1.29, 1.82) is 0 Å². The van der Waals surface area contributed by atoms with E-state index >= 15 is 0 Å². The third kappa shape index (κ3) is 7.28. The molecule has 114 valence electrons. The van der Waals surface area contributed by atoms with E-state index in [2.05, 4.69) is 17.4 Å². The number of ether oxygens (including phenoxy) is 1. The van der Waals surface area contributed by atoms with Crippen LogP contribution in [0.15, 0.2) is 29.2 Å². The molecule has 0 radical (unpaired) electrons. The number of nitrogens with one attached hydrogen (secondary N) is 1. The minimum absolute atomic E-state index is 0.219. The van der Waals surface area contributed by atoms with Crippen molar-refractivity contribution in [2.45, 2.75) is 18.4 Å². The minimum Gasteiger partial charge on any atom is -0.383 e. The van der Waals surface area contributed by atoms with E-state index in [9.17, 15) is 8.42 Å². The maximum atomic E-state index is 11.4. The van der Waals surface area contributed by atoms with Crippen LogP contribution in [0.25, 0.3) is 0 Å². The fourth-order valence-corrected chi connectivity index (χ4v) is 3.87. The summed E-state index contributed by atoms with van der Waals surface area (Å²) in [6.45, 7) is 4.00. The van der Waals surface area contributed by atoms with Gasteiger partial charge in [0.2, 0.25) is 0 Å². The first-order chi connectivity index (χ1) is 9.57. The summed E-state index contributed by atoms with van der Waals surface area (Å²) in [6.07, 6.45) is 0. The molecular formula is C14H23NO3S2. The smallest absolute Gasteiger partial charge is 0.150 e. The Morgan fingerprint density at radius 3 is 2.85 bits per heavy atom. The van der Waals surface area contributed by atoms with Crippen LogP contribution in [0.5, 0.6) is 0 Å². The molecule has 4 nitrogen and oxygen atoms in total. The number of rotatable bonds is 10. The molecule has 0 spiro atoms. The van der Waals surface area contributed by atoms with Gasteiger partial charge < -0.3 is 10.1 Å². The Morgan fingerprint density at radius 2 is 2.15 bits per heavy atom. The van der Waals surface area contributed by atoms with E-state index in [1.165, 1.54) is 5.56 Å². The molecule has 1 rings (SSSR count). The Labute approximate surface area is 126 Å². The highest BCUT2D eigenvalue weighted by atomic mass is 32.2. The highest BCUT2D eigenvalue weighted by molar-refractivity contribution is 8.00. The van der Waals surface area contributed by atoms with Gasteiger partial charge in [-0.25, -0.2) is 8.42 Å². The van der Waals surface area contributed by atoms with Crippen molar-refractivity contribution < 1.29 is 13.2 Å². The Bertz CT molecular complexity index is 489. The van der Waals surface area contributed by atoms with E-state index in [-0.39, 0.29) is 11.5 Å². The van der Waals surface area contributed by atoms with E-state index in [0.717, 1.165) is 18.0 Å². The van der Waals surface area contributed by atoms with Crippen LogP contribution < -0.4 is 5.32 Å². The van der Waals surface area contributed by atoms with E-state index < -0.39 is 9.84 Å². The maximum Gasteiger partial charge on any atom is 0.150 e. The second-order valence-electron chi connectivity index (χ2n) is 4.40. The monoisotopic (exact) mass is 317 g/mol. The summed E-state index contributed by atoms with van der Waals surface area (Å²) in [6, 6.07) is 8.18. The molecule has 0 unspecified atom stereocenters. The summed E-state index contributed by atoms with van der Waals surface area (Å²) in [4.78, 5) is 1.11. The van der Waals surface area contributed by atoms with Crippen LogP contribution in [0.3, 0.4) is 0 Å². The molecule has 1 N–H and O–H groups in total. The van der Waals surface area contributed by atoms with E-state index in [1.807, 2.05) is 12.1 Å². The molecule has 0 bridgehead atoms. The lowest BCUT2D eigenvalue weighted by Gasteiger charge is -2.07. The standard InChI is InChI=1S/C14H23NO3S2/c1-3-20(16,17)10-9-19-14-6-4-5-13(11-14)12-15-7-8-18-2/h4-6,11,15H,3,7-10,12H2,1-2H3. The first-order valence-corrected chi connectivity index (χ1v) is 9.50. The predicted octanol–water partition coefficient (Wildman–Crippen LogP) is 1.95. The topological polar surface area (TPSA) is 55.4 Å². The molecule has 0 atom stereocenters. The van der Waals surface area contributed by atoms with Gasteiger partial charge in [0, 0.05) is 36.6 Å². The van der Waals surface area contributed by atoms with Crippen LogP contribution in [0.2, 0.25) is 0 Å². The first kappa shape index (κ1) is 17.5. The van der Waals surface area contributed by atoms with Gasteiger partial charge >= 0.3 is 0 Å². The number of thioether (sulfide) groups is 1. The molecule has 0 aromatic heterocycles. The average Bonchev–Trinajstić information content (AvgIpc) is 2.44. The lowest BCUT2D eigenvalue weighted by atomic mass is 10.2. The zero-order chi connectivity index (χ0) is 14.8. The summed E-state index contributed by atoms with van der Waals surface area (Å²) in [5.74, 6) is 1.07. The molecule has 0 aliphatic carbocycles. The summed E-state index contributed by atoms with van der Waals surface area (Å²) < 4.78 is 27.8. The first-order valence-electron chi connectivity index (χ1n) is 6.69. The molecule has 0 aliphatic rings. The van der Waals surface area contributed by atoms with E-state index in [0.29, 0.717) is 12.4 Å². The minimum atomic E-state index is -2.87. The van der Waals surface area contributed by atoms with Crippen molar-refractivity contribution in [1.82, 2.24) is 5.32 Å². The second-order valence-corrected chi connectivity index (χ2v) is 8.04. The third-order valence-corrected chi connectivity index (χ3v) is 5.77. The van der Waals surface area contributed by atoms with Crippen molar-refractivity contribution in [2.75, 3.05) is 37.5 Å². The van der Waals surface area contributed by atoms with Gasteiger partial charge in [-0.2, -0.15) is 0 Å². The van der Waals surface area contributed by atoms with Gasteiger partial charge in [0.25, 0.3) is 0 Å². The van der Waals surface area contributed by atoms with Crippen LogP contribution >= 0.6 is 11.8 Å². The Morgan fingerprint density at radius 1 is 1.35 bits per heavy atom. The van der Waals surface area contributed by atoms with Gasteiger partial charge in [0.05, 0.1) is 12.4 Å². The number of benzene rings is 1. The number of hydrogen-bond donors (Lipinski definition) is 1. The summed E-state index contributed by atoms with van der Waals surface area (Å²) in [5.41, 5.74) is 1.20. The molecule has 6 heteroatoms. The van der Waals surface area contributed by atoms with Gasteiger partial charge in [0.1, 0.15) is 0 Å². The highest BCUT2D eigenvalue weighted by Crippen LogP contribution is 2.19. The number of methoxy groups -OCH3 is 1. The molecule has 1 aromatic carbocycles. The van der Waals surface area contributed by atoms with Gasteiger partial charge in [-0.3, -0.25) is 0 Å².